The van der Waals surface area contributed by atoms with Crippen LogP contribution in [0.1, 0.15) is 22.3 Å². The van der Waals surface area contributed by atoms with Gasteiger partial charge in [-0.15, -0.1) is 0 Å². The van der Waals surface area contributed by atoms with Crippen LogP contribution in [0.4, 0.5) is 0 Å². The molecule has 0 bridgehead atoms. The fourth-order valence-corrected chi connectivity index (χ4v) is 4.23. The van der Waals surface area contributed by atoms with Crippen LogP contribution in [-0.4, -0.2) is 63.9 Å². The van der Waals surface area contributed by atoms with Gasteiger partial charge in [-0.2, -0.15) is 0 Å². The molecule has 0 saturated heterocycles. The van der Waals surface area contributed by atoms with E-state index in [9.17, 15) is 0 Å². The zero-order valence-corrected chi connectivity index (χ0v) is 20.4. The van der Waals surface area contributed by atoms with E-state index in [1.54, 1.807) is 28.4 Å². The van der Waals surface area contributed by atoms with Crippen LogP contribution < -0.4 is 18.9 Å². The van der Waals surface area contributed by atoms with Crippen LogP contribution in [0, 0.1) is 13.8 Å². The second-order valence-electron chi connectivity index (χ2n) is 7.90. The minimum Gasteiger partial charge on any atom is -0.496 e. The molecular formula is C26H30N4O4. The van der Waals surface area contributed by atoms with Crippen LogP contribution in [0.5, 0.6) is 23.0 Å². The van der Waals surface area contributed by atoms with Crippen molar-refractivity contribution < 1.29 is 18.9 Å². The fraction of sp³-hybridized carbons (Fsp3) is 0.308. The lowest BCUT2D eigenvalue weighted by molar-refractivity contribution is 0.397. The van der Waals surface area contributed by atoms with Gasteiger partial charge in [0.2, 0.25) is 0 Å². The number of H-pyrrole nitrogens is 2. The van der Waals surface area contributed by atoms with Crippen molar-refractivity contribution in [3.63, 3.8) is 0 Å². The van der Waals surface area contributed by atoms with E-state index in [1.165, 1.54) is 0 Å². The highest BCUT2D eigenvalue weighted by molar-refractivity contribution is 6.05. The Morgan fingerprint density at radius 3 is 1.38 bits per heavy atom. The van der Waals surface area contributed by atoms with E-state index >= 15 is 0 Å². The summed E-state index contributed by atoms with van der Waals surface area (Å²) in [4.78, 5) is 15.8. The van der Waals surface area contributed by atoms with Crippen molar-refractivity contribution in [1.82, 2.24) is 9.97 Å². The first kappa shape index (κ1) is 23.2. The molecule has 178 valence electrons. The monoisotopic (exact) mass is 462 g/mol. The fourth-order valence-electron chi connectivity index (χ4n) is 4.23. The third-order valence-corrected chi connectivity index (χ3v) is 5.92. The Hall–Kier alpha value is -3.94. The number of aryl methyl sites for hydroxylation is 2. The number of aromatic nitrogens is 2. The molecule has 0 aliphatic heterocycles. The Bertz CT molecular complexity index is 1280. The normalized spacial score (nSPS) is 11.8. The average molecular weight is 463 g/mol. The minimum atomic E-state index is 0.526. The summed E-state index contributed by atoms with van der Waals surface area (Å²) in [7, 11) is 6.60. The van der Waals surface area contributed by atoms with Gasteiger partial charge in [0.1, 0.15) is 23.0 Å². The van der Waals surface area contributed by atoms with Gasteiger partial charge in [0.05, 0.1) is 63.7 Å². The summed E-state index contributed by atoms with van der Waals surface area (Å²) >= 11 is 0. The third-order valence-electron chi connectivity index (χ3n) is 5.92. The topological polar surface area (TPSA) is 93.2 Å². The second-order valence-corrected chi connectivity index (χ2v) is 7.90. The smallest absolute Gasteiger partial charge is 0.133 e. The van der Waals surface area contributed by atoms with Gasteiger partial charge < -0.3 is 28.9 Å². The minimum absolute atomic E-state index is 0.526. The summed E-state index contributed by atoms with van der Waals surface area (Å²) in [5.74, 6) is 2.94. The van der Waals surface area contributed by atoms with Crippen LogP contribution >= 0.6 is 0 Å². The van der Waals surface area contributed by atoms with E-state index in [-0.39, 0.29) is 0 Å². The van der Waals surface area contributed by atoms with Gasteiger partial charge in [0.25, 0.3) is 0 Å². The highest BCUT2D eigenvalue weighted by Crippen LogP contribution is 2.37. The van der Waals surface area contributed by atoms with Gasteiger partial charge in [-0.3, -0.25) is 9.98 Å². The lowest BCUT2D eigenvalue weighted by Gasteiger charge is -2.11. The highest BCUT2D eigenvalue weighted by atomic mass is 16.5. The molecule has 2 aromatic carbocycles. The number of hydrogen-bond acceptors (Lipinski definition) is 6. The molecule has 34 heavy (non-hydrogen) atoms. The van der Waals surface area contributed by atoms with Gasteiger partial charge in [0, 0.05) is 47.7 Å². The molecule has 2 N–H and O–H groups in total. The van der Waals surface area contributed by atoms with Crippen LogP contribution in [0.3, 0.4) is 0 Å². The van der Waals surface area contributed by atoms with Crippen molar-refractivity contribution in [2.45, 2.75) is 13.8 Å². The quantitative estimate of drug-likeness (QED) is 0.275. The SMILES string of the molecule is COc1cc(OC)c2c(C)c[nH]c2c1C=NCCN=Cc1c(OC)cc(OC)c2c(C)c[nH]c12. The van der Waals surface area contributed by atoms with Gasteiger partial charge in [0.15, 0.2) is 0 Å². The Kier molecular flexibility index (Phi) is 6.77. The van der Waals surface area contributed by atoms with E-state index in [4.69, 9.17) is 18.9 Å². The van der Waals surface area contributed by atoms with Crippen molar-refractivity contribution in [2.75, 3.05) is 41.5 Å². The molecule has 0 aliphatic carbocycles. The van der Waals surface area contributed by atoms with Crippen LogP contribution in [0.15, 0.2) is 34.5 Å². The van der Waals surface area contributed by atoms with Crippen LogP contribution in [0.2, 0.25) is 0 Å². The van der Waals surface area contributed by atoms with E-state index in [1.807, 2.05) is 50.8 Å². The summed E-state index contributed by atoms with van der Waals surface area (Å²) in [6, 6.07) is 3.78. The van der Waals surface area contributed by atoms with Crippen molar-refractivity contribution in [3.05, 3.63) is 46.8 Å². The number of aromatic amines is 2. The number of nitrogens with one attached hydrogen (secondary N) is 2. The average Bonchev–Trinajstić information content (AvgIpc) is 3.44. The molecule has 4 aromatic rings. The molecule has 0 aliphatic rings. The molecule has 0 spiro atoms. The Morgan fingerprint density at radius 2 is 1.03 bits per heavy atom. The predicted molar refractivity (Wildman–Crippen MR) is 137 cm³/mol. The Morgan fingerprint density at radius 1 is 0.647 bits per heavy atom. The summed E-state index contributed by atoms with van der Waals surface area (Å²) in [6.45, 7) is 5.13. The van der Waals surface area contributed by atoms with Crippen molar-refractivity contribution >= 4 is 34.2 Å². The maximum atomic E-state index is 5.58. The molecule has 2 heterocycles. The van der Waals surface area contributed by atoms with Gasteiger partial charge >= 0.3 is 0 Å². The molecule has 0 fully saturated rings. The van der Waals surface area contributed by atoms with Crippen molar-refractivity contribution in [1.29, 1.82) is 0 Å². The van der Waals surface area contributed by atoms with E-state index < -0.39 is 0 Å². The lowest BCUT2D eigenvalue weighted by Crippen LogP contribution is -1.98. The van der Waals surface area contributed by atoms with Gasteiger partial charge in [-0.05, 0) is 25.0 Å². The highest BCUT2D eigenvalue weighted by Gasteiger charge is 2.16. The van der Waals surface area contributed by atoms with Crippen molar-refractivity contribution in [2.24, 2.45) is 9.98 Å². The largest absolute Gasteiger partial charge is 0.496 e. The number of benzene rings is 2. The molecule has 4 rings (SSSR count). The number of nitrogens with zero attached hydrogens (tertiary/aromatic N) is 2. The molecule has 0 saturated carbocycles. The first-order valence-corrected chi connectivity index (χ1v) is 11.0. The first-order chi connectivity index (χ1) is 16.5. The number of rotatable bonds is 9. The summed E-state index contributed by atoms with van der Waals surface area (Å²) in [6.07, 6.45) is 7.57. The van der Waals surface area contributed by atoms with E-state index in [0.29, 0.717) is 24.6 Å². The third kappa shape index (κ3) is 4.07. The maximum Gasteiger partial charge on any atom is 0.133 e. The molecule has 0 unspecified atom stereocenters. The van der Waals surface area contributed by atoms with Crippen LogP contribution in [0.25, 0.3) is 21.8 Å². The molecule has 0 radical (unpaired) electrons. The maximum absolute atomic E-state index is 5.58. The number of fused-ring (bicyclic) bond motifs is 2. The van der Waals surface area contributed by atoms with Crippen molar-refractivity contribution in [3.8, 4) is 23.0 Å². The van der Waals surface area contributed by atoms with E-state index in [2.05, 4.69) is 20.0 Å². The number of hydrogen-bond donors (Lipinski definition) is 2. The Balaban J connectivity index is 1.55. The molecule has 0 atom stereocenters. The second kappa shape index (κ2) is 9.91. The van der Waals surface area contributed by atoms with E-state index in [0.717, 1.165) is 55.6 Å². The standard InChI is InChI=1S/C26H30N4O4/c1-15-11-29-25-17(19(31-3)9-21(33-5)23(15)25)13-27-7-8-28-14-18-20(32-4)10-22(34-6)24-16(2)12-30-26(18)24/h9-14,29-30H,7-8H2,1-6H3. The summed E-state index contributed by atoms with van der Waals surface area (Å²) in [5, 5.41) is 2.05. The Labute approximate surface area is 198 Å². The lowest BCUT2D eigenvalue weighted by atomic mass is 10.1. The molecular weight excluding hydrogens is 432 g/mol. The number of methoxy groups -OCH3 is 4. The zero-order valence-electron chi connectivity index (χ0n) is 20.4. The van der Waals surface area contributed by atoms with Gasteiger partial charge in [-0.25, -0.2) is 0 Å². The molecule has 2 aromatic heterocycles. The first-order valence-electron chi connectivity index (χ1n) is 11.0. The number of ether oxygens (including phenoxy) is 4. The molecule has 8 nitrogen and oxygen atoms in total. The van der Waals surface area contributed by atoms with Gasteiger partial charge in [-0.1, -0.05) is 0 Å². The summed E-state index contributed by atoms with van der Waals surface area (Å²) in [5.41, 5.74) is 5.86. The molecule has 8 heteroatoms. The molecule has 0 amide bonds. The number of aliphatic imine (C=N–C) groups is 2. The van der Waals surface area contributed by atoms with Crippen LogP contribution in [-0.2, 0) is 0 Å². The predicted octanol–water partition coefficient (Wildman–Crippen LogP) is 4.84. The summed E-state index contributed by atoms with van der Waals surface area (Å²) < 4.78 is 22.2. The zero-order chi connectivity index (χ0) is 24.2.